The van der Waals surface area contributed by atoms with E-state index in [4.69, 9.17) is 16.6 Å². The molecule has 36 heavy (non-hydrogen) atoms. The second kappa shape index (κ2) is 11.2. The maximum Gasteiger partial charge on any atom is 0.254 e. The fraction of sp³-hybridized carbons (Fsp3) is 0.207. The smallest absolute Gasteiger partial charge is 0.254 e. The minimum absolute atomic E-state index is 0.0804. The summed E-state index contributed by atoms with van der Waals surface area (Å²) in [5, 5.41) is 3.57. The van der Waals surface area contributed by atoms with Gasteiger partial charge in [-0.2, -0.15) is 0 Å². The highest BCUT2D eigenvalue weighted by molar-refractivity contribution is 6.30. The van der Waals surface area contributed by atoms with E-state index in [2.05, 4.69) is 5.32 Å². The molecule has 184 valence electrons. The van der Waals surface area contributed by atoms with E-state index in [0.717, 1.165) is 16.8 Å². The van der Waals surface area contributed by atoms with Gasteiger partial charge in [-0.3, -0.25) is 19.5 Å². The Balaban J connectivity index is 1.62. The number of benzene rings is 3. The van der Waals surface area contributed by atoms with Crippen LogP contribution >= 0.6 is 11.6 Å². The number of aryl methyl sites for hydroxylation is 1. The number of nitrogens with zero attached hydrogens (tertiary/aromatic N) is 3. The molecular weight excluding hydrogens is 472 g/mol. The molecule has 1 heterocycles. The van der Waals surface area contributed by atoms with Crippen molar-refractivity contribution in [2.45, 2.75) is 20.8 Å². The molecule has 0 aliphatic carbocycles. The average molecular weight is 501 g/mol. The van der Waals surface area contributed by atoms with E-state index in [-0.39, 0.29) is 24.3 Å². The van der Waals surface area contributed by atoms with Crippen LogP contribution in [0.15, 0.2) is 85.1 Å². The SMILES string of the molecule is Cc1ccc(-n2cc(-c3ccc(Cl)cc3)nc2NC(=O)CN(CC(C)C)C(=O)c2ccccc2)cc1. The number of amides is 2. The topological polar surface area (TPSA) is 67.2 Å². The van der Waals surface area contributed by atoms with E-state index < -0.39 is 0 Å². The standard InChI is InChI=1S/C29H29ClN4O2/c1-20(2)17-33(28(36)23-7-5-4-6-8-23)19-27(35)32-29-31-26(22-11-13-24(30)14-12-22)18-34(29)25-15-9-21(3)10-16-25/h4-16,18,20H,17,19H2,1-3H3,(H,31,32,35). The molecule has 0 bridgehead atoms. The molecule has 4 rings (SSSR count). The lowest BCUT2D eigenvalue weighted by atomic mass is 10.1. The quantitative estimate of drug-likeness (QED) is 0.311. The molecule has 0 unspecified atom stereocenters. The molecule has 2 amide bonds. The van der Waals surface area contributed by atoms with Crippen LogP contribution in [0.5, 0.6) is 0 Å². The monoisotopic (exact) mass is 500 g/mol. The molecule has 0 aliphatic heterocycles. The van der Waals surface area contributed by atoms with Crippen LogP contribution in [-0.4, -0.2) is 39.4 Å². The Hall–Kier alpha value is -3.90. The van der Waals surface area contributed by atoms with Crippen molar-refractivity contribution in [1.82, 2.24) is 14.5 Å². The number of rotatable bonds is 8. The number of anilines is 1. The van der Waals surface area contributed by atoms with Crippen LogP contribution in [0.3, 0.4) is 0 Å². The molecule has 1 aromatic heterocycles. The zero-order valence-corrected chi connectivity index (χ0v) is 21.4. The molecule has 1 N–H and O–H groups in total. The molecular formula is C29H29ClN4O2. The van der Waals surface area contributed by atoms with Crippen molar-refractivity contribution in [1.29, 1.82) is 0 Å². The largest absolute Gasteiger partial charge is 0.329 e. The number of nitrogens with one attached hydrogen (secondary N) is 1. The second-order valence-corrected chi connectivity index (χ2v) is 9.59. The molecule has 0 radical (unpaired) electrons. The van der Waals surface area contributed by atoms with Crippen molar-refractivity contribution < 1.29 is 9.59 Å². The van der Waals surface area contributed by atoms with Gasteiger partial charge >= 0.3 is 0 Å². The Kier molecular flexibility index (Phi) is 7.86. The van der Waals surface area contributed by atoms with E-state index in [9.17, 15) is 9.59 Å². The highest BCUT2D eigenvalue weighted by Gasteiger charge is 2.21. The fourth-order valence-corrected chi connectivity index (χ4v) is 4.02. The van der Waals surface area contributed by atoms with Gasteiger partial charge in [0.2, 0.25) is 11.9 Å². The predicted molar refractivity (Wildman–Crippen MR) is 145 cm³/mol. The Morgan fingerprint density at radius 1 is 0.972 bits per heavy atom. The fourth-order valence-electron chi connectivity index (χ4n) is 3.89. The van der Waals surface area contributed by atoms with Gasteiger partial charge in [-0.05, 0) is 49.2 Å². The Bertz CT molecular complexity index is 1330. The van der Waals surface area contributed by atoms with Crippen molar-refractivity contribution in [3.05, 3.63) is 101 Å². The Labute approximate surface area is 216 Å². The molecule has 0 saturated heterocycles. The van der Waals surface area contributed by atoms with Crippen molar-refractivity contribution in [3.8, 4) is 16.9 Å². The third-order valence-corrected chi connectivity index (χ3v) is 5.89. The lowest BCUT2D eigenvalue weighted by Crippen LogP contribution is -2.40. The van der Waals surface area contributed by atoms with Crippen LogP contribution in [0.25, 0.3) is 16.9 Å². The summed E-state index contributed by atoms with van der Waals surface area (Å²) in [6.07, 6.45) is 1.88. The summed E-state index contributed by atoms with van der Waals surface area (Å²) in [6, 6.07) is 24.4. The van der Waals surface area contributed by atoms with E-state index in [1.54, 1.807) is 29.2 Å². The summed E-state index contributed by atoms with van der Waals surface area (Å²) in [6.45, 7) is 6.44. The van der Waals surface area contributed by atoms with E-state index in [0.29, 0.717) is 28.8 Å². The number of carbonyl (C=O) groups excluding carboxylic acids is 2. The molecule has 0 fully saturated rings. The van der Waals surface area contributed by atoms with Gasteiger partial charge in [0, 0.05) is 34.6 Å². The van der Waals surface area contributed by atoms with Crippen LogP contribution in [0.2, 0.25) is 5.02 Å². The Morgan fingerprint density at radius 2 is 1.64 bits per heavy atom. The molecule has 3 aromatic carbocycles. The normalized spacial score (nSPS) is 10.9. The first kappa shape index (κ1) is 25.2. The summed E-state index contributed by atoms with van der Waals surface area (Å²) in [5.41, 5.74) is 4.12. The van der Waals surface area contributed by atoms with Gasteiger partial charge in [0.25, 0.3) is 5.91 Å². The third kappa shape index (κ3) is 6.20. The first-order valence-electron chi connectivity index (χ1n) is 11.9. The molecule has 0 atom stereocenters. The molecule has 4 aromatic rings. The van der Waals surface area contributed by atoms with Gasteiger partial charge < -0.3 is 4.90 Å². The van der Waals surface area contributed by atoms with E-state index in [1.807, 2.05) is 86.1 Å². The van der Waals surface area contributed by atoms with Crippen LogP contribution in [0.1, 0.15) is 29.8 Å². The first-order chi connectivity index (χ1) is 17.3. The van der Waals surface area contributed by atoms with Gasteiger partial charge in [0.05, 0.1) is 5.69 Å². The number of aromatic nitrogens is 2. The minimum Gasteiger partial charge on any atom is -0.329 e. The molecule has 0 aliphatic rings. The van der Waals surface area contributed by atoms with Crippen LogP contribution < -0.4 is 5.32 Å². The third-order valence-electron chi connectivity index (χ3n) is 5.64. The first-order valence-corrected chi connectivity index (χ1v) is 12.2. The number of carbonyl (C=O) groups is 2. The maximum atomic E-state index is 13.2. The zero-order valence-electron chi connectivity index (χ0n) is 20.6. The maximum absolute atomic E-state index is 13.2. The van der Waals surface area contributed by atoms with E-state index >= 15 is 0 Å². The summed E-state index contributed by atoms with van der Waals surface area (Å²) in [4.78, 5) is 32.6. The average Bonchev–Trinajstić information content (AvgIpc) is 3.27. The molecule has 7 heteroatoms. The van der Waals surface area contributed by atoms with Crippen LogP contribution in [0.4, 0.5) is 5.95 Å². The van der Waals surface area contributed by atoms with Gasteiger partial charge in [-0.1, -0.05) is 73.5 Å². The summed E-state index contributed by atoms with van der Waals surface area (Å²) in [7, 11) is 0. The highest BCUT2D eigenvalue weighted by Crippen LogP contribution is 2.26. The molecule has 0 spiro atoms. The lowest BCUT2D eigenvalue weighted by molar-refractivity contribution is -0.117. The number of hydrogen-bond donors (Lipinski definition) is 1. The number of imidazole rings is 1. The Morgan fingerprint density at radius 3 is 2.28 bits per heavy atom. The predicted octanol–water partition coefficient (Wildman–Crippen LogP) is 6.24. The lowest BCUT2D eigenvalue weighted by Gasteiger charge is -2.24. The highest BCUT2D eigenvalue weighted by atomic mass is 35.5. The summed E-state index contributed by atoms with van der Waals surface area (Å²) in [5.74, 6) is 0.0895. The van der Waals surface area contributed by atoms with Crippen molar-refractivity contribution >= 4 is 29.4 Å². The van der Waals surface area contributed by atoms with Gasteiger partial charge in [0.1, 0.15) is 6.54 Å². The summed E-state index contributed by atoms with van der Waals surface area (Å²) >= 11 is 6.05. The van der Waals surface area contributed by atoms with Gasteiger partial charge in [-0.25, -0.2) is 4.98 Å². The molecule has 0 saturated carbocycles. The van der Waals surface area contributed by atoms with Gasteiger partial charge in [0.15, 0.2) is 0 Å². The van der Waals surface area contributed by atoms with Crippen molar-refractivity contribution in [3.63, 3.8) is 0 Å². The number of hydrogen-bond acceptors (Lipinski definition) is 3. The second-order valence-electron chi connectivity index (χ2n) is 9.16. The molecule has 6 nitrogen and oxygen atoms in total. The van der Waals surface area contributed by atoms with Crippen molar-refractivity contribution in [2.75, 3.05) is 18.4 Å². The zero-order chi connectivity index (χ0) is 25.7. The van der Waals surface area contributed by atoms with E-state index in [1.165, 1.54) is 0 Å². The van der Waals surface area contributed by atoms with Crippen LogP contribution in [0, 0.1) is 12.8 Å². The minimum atomic E-state index is -0.318. The summed E-state index contributed by atoms with van der Waals surface area (Å²) < 4.78 is 1.84. The number of halogens is 1. The van der Waals surface area contributed by atoms with Crippen molar-refractivity contribution in [2.24, 2.45) is 5.92 Å². The van der Waals surface area contributed by atoms with Crippen LogP contribution in [-0.2, 0) is 4.79 Å². The van der Waals surface area contributed by atoms with Gasteiger partial charge in [-0.15, -0.1) is 0 Å².